The van der Waals surface area contributed by atoms with E-state index in [0.29, 0.717) is 11.1 Å². The average Bonchev–Trinajstić information content (AvgIpc) is 3.20. The first-order valence-electron chi connectivity index (χ1n) is 9.40. The molecule has 1 aromatic heterocycles. The number of carbonyl (C=O) groups excluding carboxylic acids is 2. The topological polar surface area (TPSA) is 105 Å². The third-order valence-corrected chi connectivity index (χ3v) is 5.55. The van der Waals surface area contributed by atoms with Gasteiger partial charge in [0.05, 0.1) is 0 Å². The normalized spacial score (nSPS) is 11.8. The molecule has 0 saturated carbocycles. The predicted octanol–water partition coefficient (Wildman–Crippen LogP) is 3.05. The maximum atomic E-state index is 12.4. The third kappa shape index (κ3) is 5.43. The lowest BCUT2D eigenvalue weighted by molar-refractivity contribution is -0.141. The van der Waals surface area contributed by atoms with Crippen molar-refractivity contribution in [1.29, 1.82) is 0 Å². The lowest BCUT2D eigenvalue weighted by Gasteiger charge is -2.05. The fourth-order valence-corrected chi connectivity index (χ4v) is 3.71. The van der Waals surface area contributed by atoms with Crippen molar-refractivity contribution in [2.75, 3.05) is 13.2 Å². The van der Waals surface area contributed by atoms with E-state index in [1.165, 1.54) is 6.08 Å². The molecule has 0 fully saturated rings. The van der Waals surface area contributed by atoms with Crippen molar-refractivity contribution in [2.45, 2.75) is 13.3 Å². The number of aromatic amines is 1. The number of esters is 1. The Morgan fingerprint density at radius 1 is 1.10 bits per heavy atom. The minimum Gasteiger partial charge on any atom is -0.456 e. The van der Waals surface area contributed by atoms with Gasteiger partial charge in [-0.1, -0.05) is 55.5 Å². The van der Waals surface area contributed by atoms with Gasteiger partial charge in [-0.2, -0.15) is 0 Å². The number of benzene rings is 2. The van der Waals surface area contributed by atoms with Crippen LogP contribution in [0.15, 0.2) is 60.1 Å². The van der Waals surface area contributed by atoms with E-state index in [4.69, 9.17) is 4.74 Å². The van der Waals surface area contributed by atoms with Gasteiger partial charge in [-0.15, -0.1) is 0 Å². The van der Waals surface area contributed by atoms with Crippen molar-refractivity contribution in [3.63, 3.8) is 0 Å². The summed E-state index contributed by atoms with van der Waals surface area (Å²) in [5.41, 5.74) is 3.11. The molecule has 0 aliphatic heterocycles. The maximum Gasteiger partial charge on any atom is 0.321 e. The number of ether oxygens (including phenoxy) is 1. The lowest BCUT2D eigenvalue weighted by Crippen LogP contribution is -2.30. The van der Waals surface area contributed by atoms with E-state index in [0.717, 1.165) is 28.3 Å². The molecule has 7 nitrogen and oxygen atoms in total. The van der Waals surface area contributed by atoms with E-state index < -0.39 is 29.1 Å². The Labute approximate surface area is 174 Å². The van der Waals surface area contributed by atoms with Gasteiger partial charge in [-0.25, -0.2) is 13.1 Å². The van der Waals surface area contributed by atoms with Crippen LogP contribution in [0.2, 0.25) is 0 Å². The minimum absolute atomic E-state index is 0.366. The maximum absolute atomic E-state index is 12.4. The summed E-state index contributed by atoms with van der Waals surface area (Å²) >= 11 is 0. The molecule has 0 unspecified atom stereocenters. The van der Waals surface area contributed by atoms with Gasteiger partial charge in [0.1, 0.15) is 6.54 Å². The summed E-state index contributed by atoms with van der Waals surface area (Å²) in [5.74, 6) is -1.20. The first kappa shape index (κ1) is 21.5. The molecule has 0 radical (unpaired) electrons. The first-order valence-corrected chi connectivity index (χ1v) is 10.9. The van der Waals surface area contributed by atoms with Gasteiger partial charge < -0.3 is 9.72 Å². The Hall–Kier alpha value is -3.23. The van der Waals surface area contributed by atoms with Crippen LogP contribution in [0.5, 0.6) is 0 Å². The highest BCUT2D eigenvalue weighted by atomic mass is 32.2. The fourth-order valence-electron chi connectivity index (χ4n) is 2.96. The van der Waals surface area contributed by atoms with Crippen molar-refractivity contribution < 1.29 is 22.7 Å². The van der Waals surface area contributed by atoms with E-state index in [1.54, 1.807) is 30.5 Å². The number of H-pyrrole nitrogens is 1. The van der Waals surface area contributed by atoms with Crippen LogP contribution >= 0.6 is 0 Å². The Bertz CT molecular complexity index is 1180. The van der Waals surface area contributed by atoms with Gasteiger partial charge in [0.2, 0.25) is 15.8 Å². The largest absolute Gasteiger partial charge is 0.456 e. The van der Waals surface area contributed by atoms with Crippen molar-refractivity contribution in [2.24, 2.45) is 0 Å². The van der Waals surface area contributed by atoms with Crippen LogP contribution in [0.3, 0.4) is 0 Å². The molecule has 0 bridgehead atoms. The minimum atomic E-state index is -3.81. The SMILES string of the molecule is CCc1cccc2c(C(=O)COC(=O)CNS(=O)(=O)/C=C/c3ccccc3)c[nH]c12. The van der Waals surface area contributed by atoms with Gasteiger partial charge >= 0.3 is 5.97 Å². The zero-order valence-corrected chi connectivity index (χ0v) is 17.2. The quantitative estimate of drug-likeness (QED) is 0.404. The van der Waals surface area contributed by atoms with Crippen molar-refractivity contribution in [3.05, 3.63) is 76.8 Å². The summed E-state index contributed by atoms with van der Waals surface area (Å²) in [5, 5.41) is 1.74. The number of hydrogen-bond donors (Lipinski definition) is 2. The highest BCUT2D eigenvalue weighted by molar-refractivity contribution is 7.92. The molecule has 156 valence electrons. The molecule has 2 aromatic carbocycles. The number of Topliss-reactive ketones (excluding diaryl/α,β-unsaturated/α-hetero) is 1. The predicted molar refractivity (Wildman–Crippen MR) is 115 cm³/mol. The number of hydrogen-bond acceptors (Lipinski definition) is 5. The summed E-state index contributed by atoms with van der Waals surface area (Å²) in [6, 6.07) is 14.6. The molecule has 0 amide bonds. The third-order valence-electron chi connectivity index (χ3n) is 4.50. The van der Waals surface area contributed by atoms with Crippen molar-refractivity contribution in [1.82, 2.24) is 9.71 Å². The monoisotopic (exact) mass is 426 g/mol. The summed E-state index contributed by atoms with van der Waals surface area (Å²) < 4.78 is 31.0. The van der Waals surface area contributed by atoms with Crippen LogP contribution in [0.4, 0.5) is 0 Å². The average molecular weight is 426 g/mol. The number of ketones is 1. The van der Waals surface area contributed by atoms with Gasteiger partial charge in [0, 0.05) is 28.1 Å². The Balaban J connectivity index is 1.53. The van der Waals surface area contributed by atoms with Crippen molar-refractivity contribution >= 4 is 38.8 Å². The lowest BCUT2D eigenvalue weighted by atomic mass is 10.1. The van der Waals surface area contributed by atoms with E-state index in [-0.39, 0.29) is 5.78 Å². The van der Waals surface area contributed by atoms with E-state index >= 15 is 0 Å². The molecule has 30 heavy (non-hydrogen) atoms. The second kappa shape index (κ2) is 9.51. The van der Waals surface area contributed by atoms with Gasteiger partial charge in [-0.3, -0.25) is 9.59 Å². The highest BCUT2D eigenvalue weighted by Crippen LogP contribution is 2.22. The Morgan fingerprint density at radius 3 is 2.60 bits per heavy atom. The number of fused-ring (bicyclic) bond motifs is 1. The number of aromatic nitrogens is 1. The van der Waals surface area contributed by atoms with Crippen LogP contribution in [0.25, 0.3) is 17.0 Å². The smallest absolute Gasteiger partial charge is 0.321 e. The van der Waals surface area contributed by atoms with E-state index in [2.05, 4.69) is 9.71 Å². The number of carbonyl (C=O) groups is 2. The fraction of sp³-hybridized carbons (Fsp3) is 0.182. The second-order valence-electron chi connectivity index (χ2n) is 6.56. The van der Waals surface area contributed by atoms with E-state index in [1.807, 2.05) is 31.2 Å². The number of aryl methyl sites for hydroxylation is 1. The molecular formula is C22H22N2O5S. The molecule has 0 saturated heterocycles. The molecule has 8 heteroatoms. The Kier molecular flexibility index (Phi) is 6.81. The van der Waals surface area contributed by atoms with Gasteiger partial charge in [0.15, 0.2) is 6.61 Å². The zero-order valence-electron chi connectivity index (χ0n) is 16.4. The van der Waals surface area contributed by atoms with Crippen LogP contribution in [0, 0.1) is 0 Å². The summed E-state index contributed by atoms with van der Waals surface area (Å²) in [6.07, 6.45) is 3.83. The number of sulfonamides is 1. The molecule has 0 spiro atoms. The first-order chi connectivity index (χ1) is 14.4. The molecule has 3 aromatic rings. The molecule has 1 heterocycles. The summed E-state index contributed by atoms with van der Waals surface area (Å²) in [7, 11) is -3.81. The molecule has 0 aliphatic rings. The van der Waals surface area contributed by atoms with Crippen LogP contribution < -0.4 is 4.72 Å². The second-order valence-corrected chi connectivity index (χ2v) is 8.21. The number of para-hydroxylation sites is 1. The molecule has 2 N–H and O–H groups in total. The van der Waals surface area contributed by atoms with Gasteiger partial charge in [0.25, 0.3) is 0 Å². The van der Waals surface area contributed by atoms with Crippen molar-refractivity contribution in [3.8, 4) is 0 Å². The zero-order chi connectivity index (χ0) is 21.6. The van der Waals surface area contributed by atoms with Crippen LogP contribution in [-0.2, 0) is 26.0 Å². The van der Waals surface area contributed by atoms with Crippen LogP contribution in [0.1, 0.15) is 28.4 Å². The summed E-state index contributed by atoms with van der Waals surface area (Å²) in [4.78, 5) is 27.4. The molecule has 0 atom stereocenters. The van der Waals surface area contributed by atoms with E-state index in [9.17, 15) is 18.0 Å². The van der Waals surface area contributed by atoms with Crippen LogP contribution in [-0.4, -0.2) is 38.3 Å². The molecular weight excluding hydrogens is 404 g/mol. The van der Waals surface area contributed by atoms with Gasteiger partial charge in [-0.05, 0) is 23.6 Å². The molecule has 3 rings (SSSR count). The highest BCUT2D eigenvalue weighted by Gasteiger charge is 2.16. The molecule has 0 aliphatic carbocycles. The Morgan fingerprint density at radius 2 is 1.87 bits per heavy atom. The standard InChI is InChI=1S/C22H22N2O5S/c1-2-17-9-6-10-18-19(13-23-22(17)18)20(25)15-29-21(26)14-24-30(27,28)12-11-16-7-4-3-5-8-16/h3-13,23-24H,2,14-15H2,1H3/b12-11+. The summed E-state index contributed by atoms with van der Waals surface area (Å²) in [6.45, 7) is 0.987. The number of nitrogens with one attached hydrogen (secondary N) is 2. The number of rotatable bonds is 9.